The minimum absolute atomic E-state index is 0.00456. The van der Waals surface area contributed by atoms with Crippen LogP contribution in [-0.4, -0.2) is 30.5 Å². The van der Waals surface area contributed by atoms with Crippen molar-refractivity contribution in [2.75, 3.05) is 7.11 Å². The summed E-state index contributed by atoms with van der Waals surface area (Å²) in [6, 6.07) is 9.37. The molecule has 0 N–H and O–H groups in total. The number of hydrogen-bond donors (Lipinski definition) is 0. The molecule has 150 valence electrons. The first kappa shape index (κ1) is 20.3. The van der Waals surface area contributed by atoms with Gasteiger partial charge in [0.2, 0.25) is 0 Å². The number of amides is 1. The van der Waals surface area contributed by atoms with E-state index in [1.54, 1.807) is 18.2 Å². The number of carbonyl (C=O) groups is 1. The van der Waals surface area contributed by atoms with Gasteiger partial charge >= 0.3 is 6.36 Å². The Kier molecular flexibility index (Phi) is 5.69. The highest BCUT2D eigenvalue weighted by atomic mass is 35.5. The summed E-state index contributed by atoms with van der Waals surface area (Å²) in [5.41, 5.74) is 1.02. The number of alkyl halides is 4. The fraction of sp³-hybridized carbons (Fsp3) is 0.316. The average molecular weight is 418 g/mol. The molecule has 0 aliphatic carbocycles. The summed E-state index contributed by atoms with van der Waals surface area (Å²) in [6.07, 6.45) is -6.58. The van der Waals surface area contributed by atoms with Crippen LogP contribution in [0.25, 0.3) is 0 Å². The SMILES string of the molecule is COc1cccc(Cl)c1C1CC(F)C(=O)N1Cc1ccc(OC(F)(F)F)cc1. The zero-order valence-electron chi connectivity index (χ0n) is 14.7. The van der Waals surface area contributed by atoms with Gasteiger partial charge in [-0.25, -0.2) is 4.39 Å². The van der Waals surface area contributed by atoms with Crippen molar-refractivity contribution in [3.05, 3.63) is 58.6 Å². The molecular weight excluding hydrogens is 402 g/mol. The monoisotopic (exact) mass is 417 g/mol. The van der Waals surface area contributed by atoms with Gasteiger partial charge in [0.25, 0.3) is 5.91 Å². The number of nitrogens with zero attached hydrogens (tertiary/aromatic N) is 1. The van der Waals surface area contributed by atoms with Crippen molar-refractivity contribution in [3.8, 4) is 11.5 Å². The van der Waals surface area contributed by atoms with Gasteiger partial charge < -0.3 is 14.4 Å². The van der Waals surface area contributed by atoms with E-state index in [9.17, 15) is 22.4 Å². The highest BCUT2D eigenvalue weighted by molar-refractivity contribution is 6.31. The summed E-state index contributed by atoms with van der Waals surface area (Å²) in [5, 5.41) is 0.338. The normalized spacial score (nSPS) is 19.8. The van der Waals surface area contributed by atoms with Gasteiger partial charge in [-0.15, -0.1) is 13.2 Å². The van der Waals surface area contributed by atoms with E-state index in [1.807, 2.05) is 0 Å². The predicted molar refractivity (Wildman–Crippen MR) is 93.9 cm³/mol. The van der Waals surface area contributed by atoms with E-state index < -0.39 is 24.5 Å². The molecule has 1 aliphatic heterocycles. The third kappa shape index (κ3) is 4.32. The molecule has 2 atom stereocenters. The van der Waals surface area contributed by atoms with E-state index in [2.05, 4.69) is 4.74 Å². The van der Waals surface area contributed by atoms with Gasteiger partial charge in [0.1, 0.15) is 11.5 Å². The van der Waals surface area contributed by atoms with Crippen LogP contribution in [0.15, 0.2) is 42.5 Å². The fourth-order valence-electron chi connectivity index (χ4n) is 3.23. The topological polar surface area (TPSA) is 38.8 Å². The molecule has 1 amide bonds. The second kappa shape index (κ2) is 7.87. The Bertz CT molecular complexity index is 857. The summed E-state index contributed by atoms with van der Waals surface area (Å²) in [6.45, 7) is 0.00456. The van der Waals surface area contributed by atoms with Gasteiger partial charge in [-0.3, -0.25) is 4.79 Å². The Balaban J connectivity index is 1.86. The zero-order valence-corrected chi connectivity index (χ0v) is 15.4. The molecule has 0 aromatic heterocycles. The molecule has 0 bridgehead atoms. The van der Waals surface area contributed by atoms with E-state index in [1.165, 1.54) is 24.1 Å². The molecule has 0 spiro atoms. The van der Waals surface area contributed by atoms with Crippen LogP contribution < -0.4 is 9.47 Å². The van der Waals surface area contributed by atoms with Crippen LogP contribution in [0.3, 0.4) is 0 Å². The lowest BCUT2D eigenvalue weighted by Crippen LogP contribution is -2.29. The summed E-state index contributed by atoms with van der Waals surface area (Å²) >= 11 is 6.27. The predicted octanol–water partition coefficient (Wildman–Crippen LogP) is 5.06. The first-order valence-corrected chi connectivity index (χ1v) is 8.69. The van der Waals surface area contributed by atoms with Crippen LogP contribution >= 0.6 is 11.6 Å². The minimum Gasteiger partial charge on any atom is -0.496 e. The third-order valence-electron chi connectivity index (χ3n) is 4.43. The number of hydrogen-bond acceptors (Lipinski definition) is 3. The minimum atomic E-state index is -4.79. The third-order valence-corrected chi connectivity index (χ3v) is 4.76. The lowest BCUT2D eigenvalue weighted by Gasteiger charge is -2.27. The van der Waals surface area contributed by atoms with Crippen LogP contribution in [0.1, 0.15) is 23.6 Å². The Hall–Kier alpha value is -2.48. The molecule has 4 nitrogen and oxygen atoms in total. The van der Waals surface area contributed by atoms with Gasteiger partial charge in [0, 0.05) is 23.6 Å². The van der Waals surface area contributed by atoms with Crippen molar-refractivity contribution in [2.45, 2.75) is 31.5 Å². The molecule has 28 heavy (non-hydrogen) atoms. The van der Waals surface area contributed by atoms with Crippen molar-refractivity contribution in [3.63, 3.8) is 0 Å². The Morgan fingerprint density at radius 3 is 2.46 bits per heavy atom. The van der Waals surface area contributed by atoms with E-state index in [0.29, 0.717) is 21.9 Å². The number of rotatable bonds is 5. The Morgan fingerprint density at radius 2 is 1.86 bits per heavy atom. The number of ether oxygens (including phenoxy) is 2. The smallest absolute Gasteiger partial charge is 0.496 e. The summed E-state index contributed by atoms with van der Waals surface area (Å²) in [5.74, 6) is -0.655. The van der Waals surface area contributed by atoms with Gasteiger partial charge in [-0.2, -0.15) is 0 Å². The standard InChI is InChI=1S/C19H16ClF4NO3/c1-27-16-4-2-3-13(20)17(16)15-9-14(21)18(26)25(15)10-11-5-7-12(8-6-11)28-19(22,23)24/h2-8,14-15H,9-10H2,1H3. The molecule has 0 radical (unpaired) electrons. The van der Waals surface area contributed by atoms with Crippen molar-refractivity contribution >= 4 is 17.5 Å². The van der Waals surface area contributed by atoms with Gasteiger partial charge in [0.15, 0.2) is 6.17 Å². The van der Waals surface area contributed by atoms with Crippen molar-refractivity contribution < 1.29 is 31.8 Å². The number of methoxy groups -OCH3 is 1. The fourth-order valence-corrected chi connectivity index (χ4v) is 3.52. The number of benzene rings is 2. The lowest BCUT2D eigenvalue weighted by molar-refractivity contribution is -0.274. The highest BCUT2D eigenvalue weighted by Crippen LogP contribution is 2.43. The van der Waals surface area contributed by atoms with Gasteiger partial charge in [-0.1, -0.05) is 29.8 Å². The van der Waals surface area contributed by atoms with Crippen LogP contribution in [0.2, 0.25) is 5.02 Å². The molecule has 1 fully saturated rings. The molecule has 2 aromatic carbocycles. The van der Waals surface area contributed by atoms with Crippen LogP contribution in [0.4, 0.5) is 17.6 Å². The molecule has 1 saturated heterocycles. The molecule has 2 aromatic rings. The van der Waals surface area contributed by atoms with Crippen LogP contribution in [-0.2, 0) is 11.3 Å². The maximum atomic E-state index is 14.2. The van der Waals surface area contributed by atoms with E-state index in [-0.39, 0.29) is 18.7 Å². The average Bonchev–Trinajstić information content (AvgIpc) is 2.90. The van der Waals surface area contributed by atoms with Gasteiger partial charge in [0.05, 0.1) is 13.2 Å². The first-order chi connectivity index (χ1) is 13.2. The lowest BCUT2D eigenvalue weighted by atomic mass is 10.0. The largest absolute Gasteiger partial charge is 0.573 e. The maximum Gasteiger partial charge on any atom is 0.573 e. The molecule has 3 rings (SSSR count). The van der Waals surface area contributed by atoms with E-state index in [0.717, 1.165) is 12.1 Å². The molecule has 0 saturated carbocycles. The Labute approximate surface area is 163 Å². The van der Waals surface area contributed by atoms with Crippen LogP contribution in [0, 0.1) is 0 Å². The summed E-state index contributed by atoms with van der Waals surface area (Å²) in [4.78, 5) is 13.7. The van der Waals surface area contributed by atoms with Crippen molar-refractivity contribution in [1.82, 2.24) is 4.90 Å². The van der Waals surface area contributed by atoms with E-state index >= 15 is 0 Å². The molecule has 1 heterocycles. The number of carbonyl (C=O) groups excluding carboxylic acids is 1. The molecule has 1 aliphatic rings. The Morgan fingerprint density at radius 1 is 1.18 bits per heavy atom. The molecule has 9 heteroatoms. The van der Waals surface area contributed by atoms with Crippen molar-refractivity contribution in [2.24, 2.45) is 0 Å². The first-order valence-electron chi connectivity index (χ1n) is 8.31. The number of halogens is 5. The van der Waals surface area contributed by atoms with Crippen molar-refractivity contribution in [1.29, 1.82) is 0 Å². The second-order valence-corrected chi connectivity index (χ2v) is 6.64. The molecule has 2 unspecified atom stereocenters. The summed E-state index contributed by atoms with van der Waals surface area (Å²) in [7, 11) is 1.45. The second-order valence-electron chi connectivity index (χ2n) is 6.23. The quantitative estimate of drug-likeness (QED) is 0.638. The summed E-state index contributed by atoms with van der Waals surface area (Å²) < 4.78 is 60.1. The maximum absolute atomic E-state index is 14.2. The van der Waals surface area contributed by atoms with Gasteiger partial charge in [-0.05, 0) is 29.8 Å². The molecular formula is C19H16ClF4NO3. The number of likely N-dealkylation sites (tertiary alicyclic amines) is 1. The zero-order chi connectivity index (χ0) is 20.5. The highest BCUT2D eigenvalue weighted by Gasteiger charge is 2.42. The van der Waals surface area contributed by atoms with Crippen LogP contribution in [0.5, 0.6) is 11.5 Å². The van der Waals surface area contributed by atoms with E-state index in [4.69, 9.17) is 16.3 Å².